The van der Waals surface area contributed by atoms with E-state index in [0.29, 0.717) is 6.42 Å². The van der Waals surface area contributed by atoms with E-state index in [1.165, 1.54) is 30.5 Å². The van der Waals surface area contributed by atoms with Crippen LogP contribution < -0.4 is 11.5 Å². The van der Waals surface area contributed by atoms with Gasteiger partial charge in [-0.2, -0.15) is 0 Å². The van der Waals surface area contributed by atoms with E-state index < -0.39 is 17.6 Å². The first-order chi connectivity index (χ1) is 9.95. The number of aromatic nitrogens is 1. The average molecular weight is 344 g/mol. The molecule has 0 aliphatic carbocycles. The molecule has 1 aromatic carbocycles. The minimum atomic E-state index is -0.682. The van der Waals surface area contributed by atoms with Gasteiger partial charge in [-0.1, -0.05) is 24.6 Å². The lowest BCUT2D eigenvalue weighted by Gasteiger charge is -2.14. The van der Waals surface area contributed by atoms with Gasteiger partial charge in [0.2, 0.25) is 0 Å². The topological polar surface area (TPSA) is 82.0 Å². The van der Waals surface area contributed by atoms with Gasteiger partial charge in [-0.05, 0) is 24.6 Å². The lowest BCUT2D eigenvalue weighted by molar-refractivity contribution is 0.103. The van der Waals surface area contributed by atoms with E-state index in [1.54, 1.807) is 0 Å². The fourth-order valence-electron chi connectivity index (χ4n) is 1.97. The number of halogens is 3. The molecule has 1 aromatic heterocycles. The molecule has 0 radical (unpaired) electrons. The van der Waals surface area contributed by atoms with Crippen LogP contribution in [0.3, 0.4) is 0 Å². The second-order valence-corrected chi connectivity index (χ2v) is 5.05. The summed E-state index contributed by atoms with van der Waals surface area (Å²) in [6.45, 7) is 1.84. The largest absolute Gasteiger partial charge is 0.384 e. The van der Waals surface area contributed by atoms with Gasteiger partial charge in [0.1, 0.15) is 11.6 Å². The molecular formula is C15H16Cl2FN3O. The zero-order valence-electron chi connectivity index (χ0n) is 11.8. The van der Waals surface area contributed by atoms with E-state index in [2.05, 4.69) is 4.98 Å². The highest BCUT2D eigenvalue weighted by atomic mass is 35.5. The molecule has 0 saturated heterocycles. The van der Waals surface area contributed by atoms with Crippen molar-refractivity contribution < 1.29 is 9.18 Å². The van der Waals surface area contributed by atoms with Gasteiger partial charge in [-0.25, -0.2) is 9.37 Å². The zero-order chi connectivity index (χ0) is 15.6. The molecule has 0 saturated carbocycles. The maximum atomic E-state index is 14.6. The molecule has 7 heteroatoms. The number of pyridine rings is 1. The van der Waals surface area contributed by atoms with Gasteiger partial charge in [0, 0.05) is 23.4 Å². The number of carbonyl (C=O) groups is 1. The van der Waals surface area contributed by atoms with E-state index >= 15 is 0 Å². The molecular weight excluding hydrogens is 328 g/mol. The van der Waals surface area contributed by atoms with Crippen LogP contribution in [0, 0.1) is 5.82 Å². The monoisotopic (exact) mass is 343 g/mol. The van der Waals surface area contributed by atoms with Gasteiger partial charge in [0.25, 0.3) is 0 Å². The van der Waals surface area contributed by atoms with E-state index in [4.69, 9.17) is 23.1 Å². The van der Waals surface area contributed by atoms with Crippen molar-refractivity contribution in [2.45, 2.75) is 19.4 Å². The normalized spacial score (nSPS) is 11.6. The zero-order valence-corrected chi connectivity index (χ0v) is 13.4. The summed E-state index contributed by atoms with van der Waals surface area (Å²) in [5.41, 5.74) is 11.6. The van der Waals surface area contributed by atoms with Gasteiger partial charge in [-0.3, -0.25) is 4.79 Å². The molecule has 0 fully saturated rings. The van der Waals surface area contributed by atoms with Crippen LogP contribution in [-0.4, -0.2) is 10.8 Å². The molecule has 0 aliphatic rings. The van der Waals surface area contributed by atoms with Gasteiger partial charge in [0.15, 0.2) is 5.78 Å². The molecule has 4 N–H and O–H groups in total. The number of benzene rings is 1. The van der Waals surface area contributed by atoms with Crippen molar-refractivity contribution in [3.8, 4) is 0 Å². The number of ketones is 1. The number of nitrogens with two attached hydrogens (primary N) is 2. The number of carbonyl (C=O) groups excluding carboxylic acids is 1. The third kappa shape index (κ3) is 3.55. The molecule has 1 atom stereocenters. The number of hydrogen-bond donors (Lipinski definition) is 2. The standard InChI is InChI=1S/C15H15ClFN3O.ClH/c1-2-11(18)9-4-5-10(16)13(14(9)17)15(21)8-3-6-12(19)20-7-8;/h3-7,11H,2,18H2,1H3,(H2,19,20);1H/t11-;/m1./s1. The Morgan fingerprint density at radius 2 is 2.05 bits per heavy atom. The van der Waals surface area contributed by atoms with E-state index in [9.17, 15) is 9.18 Å². The second kappa shape index (κ2) is 7.54. The number of nitrogen functional groups attached to an aromatic ring is 1. The van der Waals surface area contributed by atoms with E-state index in [-0.39, 0.29) is 39.9 Å². The second-order valence-electron chi connectivity index (χ2n) is 4.64. The Balaban J connectivity index is 0.00000242. The molecule has 22 heavy (non-hydrogen) atoms. The molecule has 0 bridgehead atoms. The first kappa shape index (κ1) is 18.4. The average Bonchev–Trinajstić information content (AvgIpc) is 2.47. The fraction of sp³-hybridized carbons (Fsp3) is 0.200. The van der Waals surface area contributed by atoms with Gasteiger partial charge >= 0.3 is 0 Å². The summed E-state index contributed by atoms with van der Waals surface area (Å²) in [6, 6.07) is 5.45. The molecule has 2 aromatic rings. The lowest BCUT2D eigenvalue weighted by Crippen LogP contribution is -2.15. The maximum absolute atomic E-state index is 14.6. The highest BCUT2D eigenvalue weighted by Crippen LogP contribution is 2.28. The van der Waals surface area contributed by atoms with Gasteiger partial charge in [0.05, 0.1) is 10.6 Å². The molecule has 2 rings (SSSR count). The minimum absolute atomic E-state index is 0. The Kier molecular flexibility index (Phi) is 6.29. The minimum Gasteiger partial charge on any atom is -0.384 e. The molecule has 0 amide bonds. The van der Waals surface area contributed by atoms with Gasteiger partial charge in [-0.15, -0.1) is 12.4 Å². The quantitative estimate of drug-likeness (QED) is 0.832. The lowest BCUT2D eigenvalue weighted by atomic mass is 9.97. The van der Waals surface area contributed by atoms with Crippen LogP contribution >= 0.6 is 24.0 Å². The Morgan fingerprint density at radius 3 is 2.59 bits per heavy atom. The van der Waals surface area contributed by atoms with Crippen LogP contribution in [0.4, 0.5) is 10.2 Å². The predicted octanol–water partition coefficient (Wildman–Crippen LogP) is 3.52. The van der Waals surface area contributed by atoms with Crippen LogP contribution in [0.5, 0.6) is 0 Å². The maximum Gasteiger partial charge on any atom is 0.199 e. The third-order valence-electron chi connectivity index (χ3n) is 3.24. The van der Waals surface area contributed by atoms with Crippen molar-refractivity contribution in [3.63, 3.8) is 0 Å². The van der Waals surface area contributed by atoms with E-state index in [0.717, 1.165) is 0 Å². The Hall–Kier alpha value is -1.69. The van der Waals surface area contributed by atoms with Crippen molar-refractivity contribution in [1.29, 1.82) is 0 Å². The Morgan fingerprint density at radius 1 is 1.36 bits per heavy atom. The number of hydrogen-bond acceptors (Lipinski definition) is 4. The molecule has 0 aliphatic heterocycles. The van der Waals surface area contributed by atoms with E-state index in [1.807, 2.05) is 6.92 Å². The summed E-state index contributed by atoms with van der Waals surface area (Å²) >= 11 is 5.98. The highest BCUT2D eigenvalue weighted by molar-refractivity contribution is 6.35. The first-order valence-electron chi connectivity index (χ1n) is 6.45. The van der Waals surface area contributed by atoms with Crippen molar-refractivity contribution in [2.24, 2.45) is 5.73 Å². The number of rotatable bonds is 4. The summed E-state index contributed by atoms with van der Waals surface area (Å²) in [5.74, 6) is -0.950. The molecule has 4 nitrogen and oxygen atoms in total. The van der Waals surface area contributed by atoms with Crippen molar-refractivity contribution in [1.82, 2.24) is 4.98 Å². The Bertz CT molecular complexity index is 677. The number of anilines is 1. The molecule has 1 heterocycles. The van der Waals surface area contributed by atoms with Crippen LogP contribution in [0.1, 0.15) is 40.9 Å². The summed E-state index contributed by atoms with van der Waals surface area (Å²) in [6.07, 6.45) is 1.84. The third-order valence-corrected chi connectivity index (χ3v) is 3.55. The summed E-state index contributed by atoms with van der Waals surface area (Å²) < 4.78 is 14.6. The summed E-state index contributed by atoms with van der Waals surface area (Å²) in [5, 5.41) is 0.0429. The van der Waals surface area contributed by atoms with Crippen molar-refractivity contribution in [2.75, 3.05) is 5.73 Å². The SMILES string of the molecule is CC[C@@H](N)c1ccc(Cl)c(C(=O)c2ccc(N)nc2)c1F.Cl. The van der Waals surface area contributed by atoms with Gasteiger partial charge < -0.3 is 11.5 Å². The first-order valence-corrected chi connectivity index (χ1v) is 6.83. The highest BCUT2D eigenvalue weighted by Gasteiger charge is 2.22. The number of nitrogens with zero attached hydrogens (tertiary/aromatic N) is 1. The van der Waals surface area contributed by atoms with Crippen molar-refractivity contribution in [3.05, 3.63) is 58.0 Å². The molecule has 0 unspecified atom stereocenters. The summed E-state index contributed by atoms with van der Waals surface area (Å²) in [4.78, 5) is 16.2. The molecule has 118 valence electrons. The molecule has 0 spiro atoms. The van der Waals surface area contributed by atoms with Crippen LogP contribution in [0.15, 0.2) is 30.5 Å². The fourth-order valence-corrected chi connectivity index (χ4v) is 2.20. The Labute approximate surface area is 139 Å². The van der Waals surface area contributed by atoms with Crippen LogP contribution in [0.2, 0.25) is 5.02 Å². The summed E-state index contributed by atoms with van der Waals surface area (Å²) in [7, 11) is 0. The predicted molar refractivity (Wildman–Crippen MR) is 88.0 cm³/mol. The van der Waals surface area contributed by atoms with Crippen molar-refractivity contribution >= 4 is 35.6 Å². The van der Waals surface area contributed by atoms with Crippen LogP contribution in [0.25, 0.3) is 0 Å². The smallest absolute Gasteiger partial charge is 0.199 e. The van der Waals surface area contributed by atoms with Crippen LogP contribution in [-0.2, 0) is 0 Å².